The Hall–Kier alpha value is -2.44. The maximum atomic E-state index is 5.54. The molecular formula is C24H34N2O4. The Labute approximate surface area is 179 Å². The molecule has 0 aliphatic heterocycles. The average Bonchev–Trinajstić information content (AvgIpc) is 2.81. The summed E-state index contributed by atoms with van der Waals surface area (Å²) in [5.41, 5.74) is 2.28. The number of methoxy groups -OCH3 is 4. The molecule has 0 saturated heterocycles. The zero-order chi connectivity index (χ0) is 21.3. The lowest BCUT2D eigenvalue weighted by Gasteiger charge is -2.33. The molecule has 2 aromatic rings. The molecule has 0 heterocycles. The van der Waals surface area contributed by atoms with Gasteiger partial charge in [0.15, 0.2) is 0 Å². The minimum atomic E-state index is 0.412. The summed E-state index contributed by atoms with van der Waals surface area (Å²) < 4.78 is 21.7. The van der Waals surface area contributed by atoms with Crippen LogP contribution in [-0.4, -0.2) is 40.5 Å². The average molecular weight is 415 g/mol. The standard InChI is InChI=1S/C24H34N2O4/c1-27-19-11-9-17(23(13-19)29-3)15-25-21-7-5-6-8-22(21)26-16-18-10-12-20(28-2)14-24(18)30-4/h9-14,21-22,25-26H,5-8,15-16H2,1-4H3. The van der Waals surface area contributed by atoms with Gasteiger partial charge in [0, 0.05) is 48.4 Å². The van der Waals surface area contributed by atoms with E-state index in [0.717, 1.165) is 60.1 Å². The molecule has 164 valence electrons. The molecule has 0 bridgehead atoms. The Kier molecular flexibility index (Phi) is 8.22. The van der Waals surface area contributed by atoms with E-state index in [1.165, 1.54) is 12.8 Å². The minimum absolute atomic E-state index is 0.412. The molecule has 0 radical (unpaired) electrons. The molecule has 6 nitrogen and oxygen atoms in total. The largest absolute Gasteiger partial charge is 0.497 e. The van der Waals surface area contributed by atoms with Crippen molar-refractivity contribution in [2.45, 2.75) is 50.9 Å². The van der Waals surface area contributed by atoms with E-state index in [1.54, 1.807) is 28.4 Å². The minimum Gasteiger partial charge on any atom is -0.497 e. The third kappa shape index (κ3) is 5.58. The van der Waals surface area contributed by atoms with Gasteiger partial charge < -0.3 is 29.6 Å². The molecule has 0 aromatic heterocycles. The molecule has 30 heavy (non-hydrogen) atoms. The Morgan fingerprint density at radius 3 is 1.47 bits per heavy atom. The van der Waals surface area contributed by atoms with Crippen LogP contribution in [0.2, 0.25) is 0 Å². The SMILES string of the molecule is COc1ccc(CNC2CCCCC2NCc2ccc(OC)cc2OC)c(OC)c1. The van der Waals surface area contributed by atoms with Crippen molar-refractivity contribution in [1.29, 1.82) is 0 Å². The normalized spacial score (nSPS) is 18.7. The highest BCUT2D eigenvalue weighted by Gasteiger charge is 2.25. The summed E-state index contributed by atoms with van der Waals surface area (Å²) in [6.07, 6.45) is 4.83. The van der Waals surface area contributed by atoms with E-state index in [-0.39, 0.29) is 0 Å². The van der Waals surface area contributed by atoms with Gasteiger partial charge in [-0.15, -0.1) is 0 Å². The van der Waals surface area contributed by atoms with Crippen LogP contribution in [0, 0.1) is 0 Å². The fourth-order valence-electron chi connectivity index (χ4n) is 4.10. The van der Waals surface area contributed by atoms with Crippen LogP contribution in [-0.2, 0) is 13.1 Å². The van der Waals surface area contributed by atoms with Crippen LogP contribution < -0.4 is 29.6 Å². The van der Waals surface area contributed by atoms with Gasteiger partial charge in [-0.05, 0) is 25.0 Å². The second-order valence-corrected chi connectivity index (χ2v) is 7.61. The third-order valence-corrected chi connectivity index (χ3v) is 5.86. The first-order valence-corrected chi connectivity index (χ1v) is 10.6. The van der Waals surface area contributed by atoms with E-state index >= 15 is 0 Å². The Morgan fingerprint density at radius 1 is 0.667 bits per heavy atom. The molecule has 2 aromatic carbocycles. The Balaban J connectivity index is 1.62. The summed E-state index contributed by atoms with van der Waals surface area (Å²) in [6, 6.07) is 12.8. The quantitative estimate of drug-likeness (QED) is 0.615. The van der Waals surface area contributed by atoms with Crippen molar-refractivity contribution >= 4 is 0 Å². The zero-order valence-corrected chi connectivity index (χ0v) is 18.5. The van der Waals surface area contributed by atoms with E-state index in [0.29, 0.717) is 12.1 Å². The first kappa shape index (κ1) is 22.2. The zero-order valence-electron chi connectivity index (χ0n) is 18.5. The van der Waals surface area contributed by atoms with E-state index in [9.17, 15) is 0 Å². The van der Waals surface area contributed by atoms with Gasteiger partial charge in [0.1, 0.15) is 23.0 Å². The van der Waals surface area contributed by atoms with Crippen molar-refractivity contribution < 1.29 is 18.9 Å². The number of hydrogen-bond donors (Lipinski definition) is 2. The van der Waals surface area contributed by atoms with Crippen molar-refractivity contribution in [3.05, 3.63) is 47.5 Å². The summed E-state index contributed by atoms with van der Waals surface area (Å²) in [5.74, 6) is 3.32. The summed E-state index contributed by atoms with van der Waals surface area (Å²) in [6.45, 7) is 1.53. The van der Waals surface area contributed by atoms with Crippen LogP contribution in [0.1, 0.15) is 36.8 Å². The highest BCUT2D eigenvalue weighted by molar-refractivity contribution is 5.41. The molecule has 2 atom stereocenters. The second kappa shape index (κ2) is 11.1. The molecule has 3 rings (SSSR count). The molecule has 6 heteroatoms. The number of benzene rings is 2. The molecule has 2 N–H and O–H groups in total. The highest BCUT2D eigenvalue weighted by Crippen LogP contribution is 2.27. The van der Waals surface area contributed by atoms with Crippen molar-refractivity contribution in [3.8, 4) is 23.0 Å². The third-order valence-electron chi connectivity index (χ3n) is 5.86. The van der Waals surface area contributed by atoms with Gasteiger partial charge >= 0.3 is 0 Å². The lowest BCUT2D eigenvalue weighted by atomic mass is 9.90. The topological polar surface area (TPSA) is 61.0 Å². The van der Waals surface area contributed by atoms with Crippen LogP contribution in [0.4, 0.5) is 0 Å². The summed E-state index contributed by atoms with van der Waals surface area (Å²) in [5, 5.41) is 7.50. The van der Waals surface area contributed by atoms with Crippen LogP contribution in [0.15, 0.2) is 36.4 Å². The van der Waals surface area contributed by atoms with E-state index in [4.69, 9.17) is 18.9 Å². The fraction of sp³-hybridized carbons (Fsp3) is 0.500. The van der Waals surface area contributed by atoms with Crippen molar-refractivity contribution in [1.82, 2.24) is 10.6 Å². The Bertz CT molecular complexity index is 744. The van der Waals surface area contributed by atoms with Gasteiger partial charge in [-0.25, -0.2) is 0 Å². The second-order valence-electron chi connectivity index (χ2n) is 7.61. The molecule has 1 aliphatic carbocycles. The van der Waals surface area contributed by atoms with Crippen LogP contribution >= 0.6 is 0 Å². The number of ether oxygens (including phenoxy) is 4. The first-order chi connectivity index (χ1) is 14.7. The molecule has 0 amide bonds. The van der Waals surface area contributed by atoms with E-state index in [2.05, 4.69) is 22.8 Å². The molecule has 1 saturated carbocycles. The predicted molar refractivity (Wildman–Crippen MR) is 119 cm³/mol. The molecule has 0 spiro atoms. The van der Waals surface area contributed by atoms with Crippen LogP contribution in [0.25, 0.3) is 0 Å². The molecule has 2 unspecified atom stereocenters. The maximum absolute atomic E-state index is 5.54. The van der Waals surface area contributed by atoms with E-state index in [1.807, 2.05) is 24.3 Å². The molecular weight excluding hydrogens is 380 g/mol. The first-order valence-electron chi connectivity index (χ1n) is 10.6. The van der Waals surface area contributed by atoms with Gasteiger partial charge in [-0.3, -0.25) is 0 Å². The fourth-order valence-corrected chi connectivity index (χ4v) is 4.10. The van der Waals surface area contributed by atoms with Crippen LogP contribution in [0.5, 0.6) is 23.0 Å². The smallest absolute Gasteiger partial charge is 0.127 e. The van der Waals surface area contributed by atoms with Gasteiger partial charge in [-0.2, -0.15) is 0 Å². The summed E-state index contributed by atoms with van der Waals surface area (Å²) in [7, 11) is 6.74. The number of hydrogen-bond acceptors (Lipinski definition) is 6. The van der Waals surface area contributed by atoms with Gasteiger partial charge in [-0.1, -0.05) is 25.0 Å². The van der Waals surface area contributed by atoms with Gasteiger partial charge in [0.2, 0.25) is 0 Å². The van der Waals surface area contributed by atoms with E-state index < -0.39 is 0 Å². The molecule has 1 aliphatic rings. The predicted octanol–water partition coefficient (Wildman–Crippen LogP) is 3.91. The van der Waals surface area contributed by atoms with Gasteiger partial charge in [0.05, 0.1) is 28.4 Å². The summed E-state index contributed by atoms with van der Waals surface area (Å²) >= 11 is 0. The highest BCUT2D eigenvalue weighted by atomic mass is 16.5. The summed E-state index contributed by atoms with van der Waals surface area (Å²) in [4.78, 5) is 0. The van der Waals surface area contributed by atoms with Gasteiger partial charge in [0.25, 0.3) is 0 Å². The van der Waals surface area contributed by atoms with Crippen molar-refractivity contribution in [2.24, 2.45) is 0 Å². The lowest BCUT2D eigenvalue weighted by molar-refractivity contribution is 0.278. The maximum Gasteiger partial charge on any atom is 0.127 e. The van der Waals surface area contributed by atoms with Crippen LogP contribution in [0.3, 0.4) is 0 Å². The lowest BCUT2D eigenvalue weighted by Crippen LogP contribution is -2.49. The number of nitrogens with one attached hydrogen (secondary N) is 2. The Morgan fingerprint density at radius 2 is 1.10 bits per heavy atom. The monoisotopic (exact) mass is 414 g/mol. The molecule has 1 fully saturated rings. The van der Waals surface area contributed by atoms with Crippen molar-refractivity contribution in [3.63, 3.8) is 0 Å². The number of rotatable bonds is 10. The van der Waals surface area contributed by atoms with Crippen molar-refractivity contribution in [2.75, 3.05) is 28.4 Å².